The maximum absolute atomic E-state index is 6.06. The van der Waals surface area contributed by atoms with E-state index < -0.39 is 0 Å². The molecule has 0 saturated heterocycles. The van der Waals surface area contributed by atoms with Gasteiger partial charge in [0, 0.05) is 6.04 Å². The second-order valence-electron chi connectivity index (χ2n) is 4.41. The summed E-state index contributed by atoms with van der Waals surface area (Å²) in [5.74, 6) is 2.95. The average molecular weight is 153 g/mol. The monoisotopic (exact) mass is 153 g/mol. The zero-order valence-corrected chi connectivity index (χ0v) is 7.42. The molecule has 0 heterocycles. The van der Waals surface area contributed by atoms with E-state index in [9.17, 15) is 0 Å². The molecule has 2 bridgehead atoms. The highest BCUT2D eigenvalue weighted by Gasteiger charge is 2.41. The number of rotatable bonds is 2. The first-order chi connectivity index (χ1) is 5.31. The molecule has 4 unspecified atom stereocenters. The first-order valence-corrected chi connectivity index (χ1v) is 5.06. The summed E-state index contributed by atoms with van der Waals surface area (Å²) >= 11 is 0. The topological polar surface area (TPSA) is 26.0 Å². The van der Waals surface area contributed by atoms with Gasteiger partial charge in [-0.2, -0.15) is 0 Å². The molecule has 0 radical (unpaired) electrons. The third kappa shape index (κ3) is 1.20. The summed E-state index contributed by atoms with van der Waals surface area (Å²) in [5, 5.41) is 0. The molecule has 0 aromatic carbocycles. The average Bonchev–Trinajstić information content (AvgIpc) is 2.62. The lowest BCUT2D eigenvalue weighted by Crippen LogP contribution is -2.32. The summed E-state index contributed by atoms with van der Waals surface area (Å²) in [5.41, 5.74) is 6.06. The summed E-state index contributed by atoms with van der Waals surface area (Å²) in [4.78, 5) is 0. The standard InChI is InChI=1S/C10H19N/c1-2-10(11)9-6-7-3-4-8(9)5-7/h7-10H,2-6,11H2,1H3. The van der Waals surface area contributed by atoms with Gasteiger partial charge in [0.2, 0.25) is 0 Å². The molecule has 64 valence electrons. The molecular formula is C10H19N. The molecule has 1 nitrogen and oxygen atoms in total. The van der Waals surface area contributed by atoms with Crippen molar-refractivity contribution in [3.63, 3.8) is 0 Å². The third-order valence-corrected chi connectivity index (χ3v) is 3.81. The van der Waals surface area contributed by atoms with Crippen molar-refractivity contribution < 1.29 is 0 Å². The molecular weight excluding hydrogens is 134 g/mol. The van der Waals surface area contributed by atoms with E-state index in [1.54, 1.807) is 0 Å². The largest absolute Gasteiger partial charge is 0.327 e. The smallest absolute Gasteiger partial charge is 0.00672 e. The van der Waals surface area contributed by atoms with Crippen LogP contribution in [0.15, 0.2) is 0 Å². The van der Waals surface area contributed by atoms with Crippen molar-refractivity contribution in [1.29, 1.82) is 0 Å². The Kier molecular flexibility index (Phi) is 1.92. The van der Waals surface area contributed by atoms with Crippen LogP contribution in [0.2, 0.25) is 0 Å². The molecule has 4 atom stereocenters. The lowest BCUT2D eigenvalue weighted by Gasteiger charge is -2.26. The molecule has 2 fully saturated rings. The van der Waals surface area contributed by atoms with Gasteiger partial charge in [0.25, 0.3) is 0 Å². The molecule has 0 aromatic heterocycles. The minimum atomic E-state index is 0.505. The van der Waals surface area contributed by atoms with Gasteiger partial charge in [0.15, 0.2) is 0 Å². The highest BCUT2D eigenvalue weighted by Crippen LogP contribution is 2.49. The quantitative estimate of drug-likeness (QED) is 0.646. The van der Waals surface area contributed by atoms with Crippen LogP contribution in [0.3, 0.4) is 0 Å². The van der Waals surface area contributed by atoms with Gasteiger partial charge in [-0.25, -0.2) is 0 Å². The minimum absolute atomic E-state index is 0.505. The predicted octanol–water partition coefficient (Wildman–Crippen LogP) is 2.16. The van der Waals surface area contributed by atoms with E-state index in [4.69, 9.17) is 5.73 Å². The minimum Gasteiger partial charge on any atom is -0.327 e. The van der Waals surface area contributed by atoms with Gasteiger partial charge in [0.1, 0.15) is 0 Å². The van der Waals surface area contributed by atoms with E-state index >= 15 is 0 Å². The Morgan fingerprint density at radius 3 is 2.64 bits per heavy atom. The lowest BCUT2D eigenvalue weighted by atomic mass is 9.83. The summed E-state index contributed by atoms with van der Waals surface area (Å²) in [6.07, 6.45) is 7.09. The molecule has 11 heavy (non-hydrogen) atoms. The van der Waals surface area contributed by atoms with Gasteiger partial charge < -0.3 is 5.73 Å². The van der Waals surface area contributed by atoms with E-state index in [0.717, 1.165) is 17.8 Å². The van der Waals surface area contributed by atoms with Gasteiger partial charge in [-0.05, 0) is 43.4 Å². The van der Waals surface area contributed by atoms with Crippen LogP contribution in [0.4, 0.5) is 0 Å². The van der Waals surface area contributed by atoms with Crippen molar-refractivity contribution in [1.82, 2.24) is 0 Å². The van der Waals surface area contributed by atoms with E-state index in [2.05, 4.69) is 6.92 Å². The molecule has 2 rings (SSSR count). The molecule has 2 aliphatic carbocycles. The van der Waals surface area contributed by atoms with E-state index in [-0.39, 0.29) is 0 Å². The van der Waals surface area contributed by atoms with E-state index in [1.807, 2.05) is 0 Å². The summed E-state index contributed by atoms with van der Waals surface area (Å²) in [6, 6.07) is 0.505. The molecule has 0 aliphatic heterocycles. The summed E-state index contributed by atoms with van der Waals surface area (Å²) < 4.78 is 0. The van der Waals surface area contributed by atoms with Crippen molar-refractivity contribution in [3.8, 4) is 0 Å². The van der Waals surface area contributed by atoms with Crippen LogP contribution in [0, 0.1) is 17.8 Å². The highest BCUT2D eigenvalue weighted by atomic mass is 14.7. The Labute approximate surface area is 69.4 Å². The Balaban J connectivity index is 1.96. The number of hydrogen-bond donors (Lipinski definition) is 1. The number of fused-ring (bicyclic) bond motifs is 2. The third-order valence-electron chi connectivity index (χ3n) is 3.81. The number of hydrogen-bond acceptors (Lipinski definition) is 1. The van der Waals surface area contributed by atoms with Gasteiger partial charge in [-0.1, -0.05) is 13.3 Å². The molecule has 0 aromatic rings. The van der Waals surface area contributed by atoms with Crippen LogP contribution in [0.25, 0.3) is 0 Å². The van der Waals surface area contributed by atoms with Gasteiger partial charge >= 0.3 is 0 Å². The van der Waals surface area contributed by atoms with Gasteiger partial charge in [-0.15, -0.1) is 0 Å². The maximum Gasteiger partial charge on any atom is 0.00672 e. The van der Waals surface area contributed by atoms with Crippen LogP contribution in [-0.4, -0.2) is 6.04 Å². The van der Waals surface area contributed by atoms with Crippen LogP contribution in [0.1, 0.15) is 39.0 Å². The van der Waals surface area contributed by atoms with E-state index in [0.29, 0.717) is 6.04 Å². The zero-order chi connectivity index (χ0) is 7.84. The van der Waals surface area contributed by atoms with Crippen LogP contribution in [-0.2, 0) is 0 Å². The molecule has 2 N–H and O–H groups in total. The Hall–Kier alpha value is -0.0400. The summed E-state index contributed by atoms with van der Waals surface area (Å²) in [7, 11) is 0. The first-order valence-electron chi connectivity index (χ1n) is 5.06. The molecule has 1 heteroatoms. The Bertz CT molecular complexity index is 144. The molecule has 2 saturated carbocycles. The second-order valence-corrected chi connectivity index (χ2v) is 4.41. The normalized spacial score (nSPS) is 44.7. The van der Waals surface area contributed by atoms with Crippen LogP contribution < -0.4 is 5.73 Å². The fourth-order valence-corrected chi connectivity index (χ4v) is 3.12. The molecule has 0 spiro atoms. The van der Waals surface area contributed by atoms with Crippen molar-refractivity contribution in [2.45, 2.75) is 45.1 Å². The van der Waals surface area contributed by atoms with Crippen LogP contribution >= 0.6 is 0 Å². The zero-order valence-electron chi connectivity index (χ0n) is 7.42. The van der Waals surface area contributed by atoms with Crippen molar-refractivity contribution >= 4 is 0 Å². The van der Waals surface area contributed by atoms with Crippen molar-refractivity contribution in [3.05, 3.63) is 0 Å². The predicted molar refractivity (Wildman–Crippen MR) is 47.2 cm³/mol. The summed E-state index contributed by atoms with van der Waals surface area (Å²) in [6.45, 7) is 2.22. The van der Waals surface area contributed by atoms with Crippen molar-refractivity contribution in [2.75, 3.05) is 0 Å². The fraction of sp³-hybridized carbons (Fsp3) is 1.00. The maximum atomic E-state index is 6.06. The van der Waals surface area contributed by atoms with Gasteiger partial charge in [-0.3, -0.25) is 0 Å². The second kappa shape index (κ2) is 2.78. The van der Waals surface area contributed by atoms with E-state index in [1.165, 1.54) is 32.1 Å². The Morgan fingerprint density at radius 2 is 2.18 bits per heavy atom. The van der Waals surface area contributed by atoms with Crippen LogP contribution in [0.5, 0.6) is 0 Å². The Morgan fingerprint density at radius 1 is 1.36 bits per heavy atom. The number of nitrogens with two attached hydrogens (primary N) is 1. The SMILES string of the molecule is CCC(N)C1CC2CCC1C2. The first kappa shape index (κ1) is 7.60. The molecule has 0 amide bonds. The fourth-order valence-electron chi connectivity index (χ4n) is 3.12. The molecule has 2 aliphatic rings. The lowest BCUT2D eigenvalue weighted by molar-refractivity contribution is 0.277. The van der Waals surface area contributed by atoms with Gasteiger partial charge in [0.05, 0.1) is 0 Å². The van der Waals surface area contributed by atoms with Crippen molar-refractivity contribution in [2.24, 2.45) is 23.5 Å². The highest BCUT2D eigenvalue weighted by molar-refractivity contribution is 4.93.